The molecular weight excluding hydrogens is 274 g/mol. The second-order valence-electron chi connectivity index (χ2n) is 3.03. The average Bonchev–Trinajstić information content (AvgIpc) is 2.25. The summed E-state index contributed by atoms with van der Waals surface area (Å²) in [7, 11) is 0. The summed E-state index contributed by atoms with van der Waals surface area (Å²) < 4.78 is 5.15. The van der Waals surface area contributed by atoms with E-state index in [4.69, 9.17) is 10.00 Å². The van der Waals surface area contributed by atoms with Crippen molar-refractivity contribution in [1.29, 1.82) is 5.26 Å². The summed E-state index contributed by atoms with van der Waals surface area (Å²) in [6.45, 7) is 2.04. The number of hydrogen-bond acceptors (Lipinski definition) is 4. The highest BCUT2D eigenvalue weighted by molar-refractivity contribution is 9.10. The Morgan fingerprint density at radius 2 is 2.31 bits per heavy atom. The van der Waals surface area contributed by atoms with Gasteiger partial charge in [-0.1, -0.05) is 6.07 Å². The van der Waals surface area contributed by atoms with E-state index in [0.29, 0.717) is 16.6 Å². The molecule has 0 atom stereocenters. The zero-order valence-corrected chi connectivity index (χ0v) is 10.2. The van der Waals surface area contributed by atoms with E-state index in [1.165, 1.54) is 6.07 Å². The molecule has 0 bridgehead atoms. The molecule has 5 heteroatoms. The van der Waals surface area contributed by atoms with Crippen molar-refractivity contribution in [1.82, 2.24) is 0 Å². The number of halogens is 1. The van der Waals surface area contributed by atoms with Crippen LogP contribution in [0.15, 0.2) is 16.6 Å². The Balaban J connectivity index is 2.96. The molecule has 4 nitrogen and oxygen atoms in total. The molecule has 0 amide bonds. The highest BCUT2D eigenvalue weighted by Crippen LogP contribution is 2.31. The lowest BCUT2D eigenvalue weighted by molar-refractivity contribution is -0.142. The zero-order chi connectivity index (χ0) is 12.1. The van der Waals surface area contributed by atoms with Gasteiger partial charge in [-0.05, 0) is 34.5 Å². The second kappa shape index (κ2) is 5.52. The third kappa shape index (κ3) is 2.74. The van der Waals surface area contributed by atoms with Crippen LogP contribution < -0.4 is 0 Å². The van der Waals surface area contributed by atoms with Crippen molar-refractivity contribution in [2.24, 2.45) is 0 Å². The predicted molar refractivity (Wildman–Crippen MR) is 60.9 cm³/mol. The average molecular weight is 284 g/mol. The third-order valence-corrected chi connectivity index (χ3v) is 2.84. The van der Waals surface area contributed by atoms with Crippen LogP contribution in [-0.4, -0.2) is 17.7 Å². The maximum atomic E-state index is 11.2. The van der Waals surface area contributed by atoms with Gasteiger partial charge in [-0.2, -0.15) is 5.26 Å². The van der Waals surface area contributed by atoms with Crippen molar-refractivity contribution in [3.8, 4) is 11.8 Å². The quantitative estimate of drug-likeness (QED) is 0.863. The van der Waals surface area contributed by atoms with Gasteiger partial charge in [0.15, 0.2) is 0 Å². The lowest BCUT2D eigenvalue weighted by atomic mass is 10.1. The van der Waals surface area contributed by atoms with Crippen LogP contribution in [0.5, 0.6) is 5.75 Å². The number of phenolic OH excluding ortho intramolecular Hbond substituents is 1. The number of esters is 1. The molecule has 1 rings (SSSR count). The van der Waals surface area contributed by atoms with Crippen LogP contribution in [0.25, 0.3) is 0 Å². The molecule has 0 saturated heterocycles. The minimum absolute atomic E-state index is 0.0632. The fraction of sp³-hybridized carbons (Fsp3) is 0.273. The Labute approximate surface area is 102 Å². The molecule has 16 heavy (non-hydrogen) atoms. The molecule has 1 aromatic rings. The summed E-state index contributed by atoms with van der Waals surface area (Å²) in [5, 5.41) is 18.3. The minimum Gasteiger partial charge on any atom is -0.505 e. The van der Waals surface area contributed by atoms with Crippen LogP contribution in [0.2, 0.25) is 0 Å². The van der Waals surface area contributed by atoms with Gasteiger partial charge in [0.1, 0.15) is 11.8 Å². The number of phenols is 1. The lowest BCUT2D eigenvalue weighted by Gasteiger charge is -2.06. The van der Waals surface area contributed by atoms with E-state index in [0.717, 1.165) is 0 Å². The number of carbonyl (C=O) groups is 1. The highest BCUT2D eigenvalue weighted by atomic mass is 79.9. The molecule has 0 saturated carbocycles. The fourth-order valence-corrected chi connectivity index (χ4v) is 1.69. The first-order valence-corrected chi connectivity index (χ1v) is 5.45. The summed E-state index contributed by atoms with van der Waals surface area (Å²) >= 11 is 3.14. The Kier molecular flexibility index (Phi) is 4.32. The van der Waals surface area contributed by atoms with Crippen LogP contribution in [0.3, 0.4) is 0 Å². The Bertz CT molecular complexity index is 451. The maximum absolute atomic E-state index is 11.2. The standard InChI is InChI=1S/C11H10BrNO3/c1-2-16-9(14)5-7-3-4-8(6-13)11(15)10(7)12/h3-4,15H,2,5H2,1H3. The molecule has 0 aliphatic carbocycles. The molecule has 0 aliphatic heterocycles. The largest absolute Gasteiger partial charge is 0.505 e. The van der Waals surface area contributed by atoms with Gasteiger partial charge in [-0.25, -0.2) is 0 Å². The van der Waals surface area contributed by atoms with Crippen LogP contribution >= 0.6 is 15.9 Å². The topological polar surface area (TPSA) is 70.3 Å². The van der Waals surface area contributed by atoms with E-state index >= 15 is 0 Å². The minimum atomic E-state index is -0.368. The van der Waals surface area contributed by atoms with Gasteiger partial charge in [0.05, 0.1) is 23.1 Å². The van der Waals surface area contributed by atoms with E-state index in [1.807, 2.05) is 6.07 Å². The molecule has 0 radical (unpaired) electrons. The van der Waals surface area contributed by atoms with E-state index < -0.39 is 0 Å². The second-order valence-corrected chi connectivity index (χ2v) is 3.82. The van der Waals surface area contributed by atoms with Crippen LogP contribution in [0.4, 0.5) is 0 Å². The zero-order valence-electron chi connectivity index (χ0n) is 8.66. The number of aromatic hydroxyl groups is 1. The molecule has 0 heterocycles. The summed E-state index contributed by atoms with van der Waals surface area (Å²) in [5.41, 5.74) is 0.759. The van der Waals surface area contributed by atoms with Crippen molar-refractivity contribution in [2.45, 2.75) is 13.3 Å². The molecule has 0 spiro atoms. The normalized spacial score (nSPS) is 9.56. The Morgan fingerprint density at radius 3 is 2.88 bits per heavy atom. The van der Waals surface area contributed by atoms with Gasteiger partial charge in [-0.3, -0.25) is 4.79 Å². The first-order valence-electron chi connectivity index (χ1n) is 4.66. The number of ether oxygens (including phenoxy) is 1. The molecule has 1 aromatic carbocycles. The van der Waals surface area contributed by atoms with Crippen LogP contribution in [-0.2, 0) is 16.0 Å². The van der Waals surface area contributed by atoms with Gasteiger partial charge in [0, 0.05) is 0 Å². The summed E-state index contributed by atoms with van der Waals surface area (Å²) in [5.74, 6) is -0.517. The SMILES string of the molecule is CCOC(=O)Cc1ccc(C#N)c(O)c1Br. The van der Waals surface area contributed by atoms with E-state index in [1.54, 1.807) is 13.0 Å². The molecular formula is C11H10BrNO3. The summed E-state index contributed by atoms with van der Waals surface area (Å²) in [4.78, 5) is 11.2. The number of nitriles is 1. The maximum Gasteiger partial charge on any atom is 0.310 e. The first-order chi connectivity index (χ1) is 7.60. The molecule has 1 N–H and O–H groups in total. The smallest absolute Gasteiger partial charge is 0.310 e. The number of hydrogen-bond donors (Lipinski definition) is 1. The summed E-state index contributed by atoms with van der Waals surface area (Å²) in [6.07, 6.45) is 0.0632. The van der Waals surface area contributed by atoms with Crippen molar-refractivity contribution in [3.63, 3.8) is 0 Å². The van der Waals surface area contributed by atoms with Crippen molar-refractivity contribution in [2.75, 3.05) is 6.61 Å². The van der Waals surface area contributed by atoms with Gasteiger partial charge in [-0.15, -0.1) is 0 Å². The van der Waals surface area contributed by atoms with Gasteiger partial charge < -0.3 is 9.84 Å². The van der Waals surface area contributed by atoms with Crippen molar-refractivity contribution >= 4 is 21.9 Å². The van der Waals surface area contributed by atoms with Crippen molar-refractivity contribution in [3.05, 3.63) is 27.7 Å². The number of carbonyl (C=O) groups excluding carboxylic acids is 1. The number of benzene rings is 1. The van der Waals surface area contributed by atoms with Gasteiger partial charge in [0.2, 0.25) is 0 Å². The fourth-order valence-electron chi connectivity index (χ4n) is 1.20. The predicted octanol–water partition coefficient (Wildman–Crippen LogP) is 2.13. The number of nitrogens with zero attached hydrogens (tertiary/aromatic N) is 1. The Morgan fingerprint density at radius 1 is 1.62 bits per heavy atom. The first kappa shape index (κ1) is 12.5. The Hall–Kier alpha value is -1.54. The van der Waals surface area contributed by atoms with E-state index in [9.17, 15) is 9.90 Å². The molecule has 0 aliphatic rings. The van der Waals surface area contributed by atoms with Gasteiger partial charge >= 0.3 is 5.97 Å². The molecule has 0 unspecified atom stereocenters. The lowest BCUT2D eigenvalue weighted by Crippen LogP contribution is -2.08. The molecule has 0 aromatic heterocycles. The number of rotatable bonds is 3. The van der Waals surface area contributed by atoms with E-state index in [-0.39, 0.29) is 23.7 Å². The highest BCUT2D eigenvalue weighted by Gasteiger charge is 2.13. The third-order valence-electron chi connectivity index (χ3n) is 1.96. The van der Waals surface area contributed by atoms with Gasteiger partial charge in [0.25, 0.3) is 0 Å². The van der Waals surface area contributed by atoms with E-state index in [2.05, 4.69) is 15.9 Å². The van der Waals surface area contributed by atoms with Crippen LogP contribution in [0, 0.1) is 11.3 Å². The van der Waals surface area contributed by atoms with Crippen LogP contribution in [0.1, 0.15) is 18.1 Å². The van der Waals surface area contributed by atoms with Crippen molar-refractivity contribution < 1.29 is 14.6 Å². The molecule has 0 fully saturated rings. The monoisotopic (exact) mass is 283 g/mol. The summed E-state index contributed by atoms with van der Waals surface area (Å²) in [6, 6.07) is 4.92. The molecule has 84 valence electrons.